The summed E-state index contributed by atoms with van der Waals surface area (Å²) in [6.07, 6.45) is 7.00. The number of hydrogen-bond donors (Lipinski definition) is 0. The Kier molecular flexibility index (Phi) is 6.15. The normalized spacial score (nSPS) is 15.2. The second kappa shape index (κ2) is 9.55. The predicted octanol–water partition coefficient (Wildman–Crippen LogP) is 4.94. The van der Waals surface area contributed by atoms with E-state index in [4.69, 9.17) is 9.72 Å². The van der Waals surface area contributed by atoms with Crippen LogP contribution in [0.4, 0.5) is 8.78 Å². The van der Waals surface area contributed by atoms with Crippen LogP contribution in [0.3, 0.4) is 0 Å². The van der Waals surface area contributed by atoms with Gasteiger partial charge in [-0.2, -0.15) is 4.39 Å². The van der Waals surface area contributed by atoms with Crippen LogP contribution in [0, 0.1) is 23.5 Å². The lowest BCUT2D eigenvalue weighted by Crippen LogP contribution is -2.30. The summed E-state index contributed by atoms with van der Waals surface area (Å²) in [6, 6.07) is 11.2. The molecular formula is C27H22F2N4O2. The summed E-state index contributed by atoms with van der Waals surface area (Å²) in [5.74, 6) is 3.83. The quantitative estimate of drug-likeness (QED) is 0.386. The number of rotatable bonds is 5. The minimum absolute atomic E-state index is 0.0923. The molecule has 8 heteroatoms. The Balaban J connectivity index is 1.43. The molecule has 1 fully saturated rings. The van der Waals surface area contributed by atoms with E-state index in [9.17, 15) is 13.6 Å². The average molecular weight is 472 g/mol. The van der Waals surface area contributed by atoms with Crippen molar-refractivity contribution in [2.45, 2.75) is 32.4 Å². The van der Waals surface area contributed by atoms with Gasteiger partial charge in [0.1, 0.15) is 12.4 Å². The number of likely N-dealkylation sites (tertiary alicyclic amines) is 1. The molecule has 0 N–H and O–H groups in total. The fourth-order valence-corrected chi connectivity index (χ4v) is 4.38. The number of fused-ring (bicyclic) bond motifs is 1. The molecule has 1 aliphatic rings. The van der Waals surface area contributed by atoms with Gasteiger partial charge in [0.15, 0.2) is 11.6 Å². The van der Waals surface area contributed by atoms with E-state index in [1.54, 1.807) is 24.2 Å². The van der Waals surface area contributed by atoms with E-state index < -0.39 is 11.6 Å². The molecule has 3 heterocycles. The van der Waals surface area contributed by atoms with E-state index in [2.05, 4.69) is 16.8 Å². The van der Waals surface area contributed by atoms with Gasteiger partial charge in [0.2, 0.25) is 5.82 Å². The first-order valence-electron chi connectivity index (χ1n) is 11.3. The maximum absolute atomic E-state index is 13.8. The van der Waals surface area contributed by atoms with E-state index in [1.807, 2.05) is 34.9 Å². The molecular weight excluding hydrogens is 450 g/mol. The number of amides is 1. The molecule has 0 spiro atoms. The van der Waals surface area contributed by atoms with E-state index in [0.717, 1.165) is 47.1 Å². The molecule has 35 heavy (non-hydrogen) atoms. The van der Waals surface area contributed by atoms with E-state index in [0.29, 0.717) is 6.54 Å². The largest absolute Gasteiger partial charge is 0.486 e. The van der Waals surface area contributed by atoms with E-state index in [-0.39, 0.29) is 24.3 Å². The third-order valence-electron chi connectivity index (χ3n) is 6.06. The van der Waals surface area contributed by atoms with Crippen molar-refractivity contribution in [2.24, 2.45) is 0 Å². The van der Waals surface area contributed by atoms with Crippen molar-refractivity contribution in [3.8, 4) is 28.8 Å². The molecule has 0 aliphatic carbocycles. The molecule has 5 rings (SSSR count). The minimum atomic E-state index is -1.00. The summed E-state index contributed by atoms with van der Waals surface area (Å²) in [7, 11) is 0. The topological polar surface area (TPSA) is 59.7 Å². The fourth-order valence-electron chi connectivity index (χ4n) is 4.38. The number of imidazole rings is 1. The van der Waals surface area contributed by atoms with Gasteiger partial charge < -0.3 is 9.64 Å². The maximum atomic E-state index is 13.8. The van der Waals surface area contributed by atoms with Crippen LogP contribution in [0.15, 0.2) is 61.1 Å². The van der Waals surface area contributed by atoms with Gasteiger partial charge in [0.05, 0.1) is 23.4 Å². The first-order chi connectivity index (χ1) is 17.1. The van der Waals surface area contributed by atoms with Crippen molar-refractivity contribution < 1.29 is 18.3 Å². The highest BCUT2D eigenvalue weighted by Gasteiger charge is 2.33. The Morgan fingerprint density at radius 1 is 1.20 bits per heavy atom. The lowest BCUT2D eigenvalue weighted by atomic mass is 10.1. The molecule has 0 unspecified atom stereocenters. The van der Waals surface area contributed by atoms with Gasteiger partial charge in [0.25, 0.3) is 5.91 Å². The van der Waals surface area contributed by atoms with Crippen LogP contribution in [0.5, 0.6) is 5.75 Å². The lowest BCUT2D eigenvalue weighted by molar-refractivity contribution is -0.126. The predicted molar refractivity (Wildman–Crippen MR) is 126 cm³/mol. The second-order valence-electron chi connectivity index (χ2n) is 8.22. The maximum Gasteiger partial charge on any atom is 0.299 e. The zero-order valence-electron chi connectivity index (χ0n) is 19.0. The summed E-state index contributed by atoms with van der Waals surface area (Å²) >= 11 is 0. The molecule has 1 aliphatic heterocycles. The van der Waals surface area contributed by atoms with E-state index in [1.165, 1.54) is 12.1 Å². The van der Waals surface area contributed by atoms with Crippen molar-refractivity contribution in [2.75, 3.05) is 6.54 Å². The highest BCUT2D eigenvalue weighted by atomic mass is 19.2. The summed E-state index contributed by atoms with van der Waals surface area (Å²) < 4.78 is 34.7. The van der Waals surface area contributed by atoms with Gasteiger partial charge in [-0.1, -0.05) is 36.3 Å². The molecule has 0 bridgehead atoms. The number of benzene rings is 2. The van der Waals surface area contributed by atoms with Crippen LogP contribution in [-0.2, 0) is 11.4 Å². The van der Waals surface area contributed by atoms with Crippen molar-refractivity contribution in [1.82, 2.24) is 19.3 Å². The van der Waals surface area contributed by atoms with Crippen molar-refractivity contribution in [3.05, 3.63) is 84.1 Å². The van der Waals surface area contributed by atoms with Crippen LogP contribution < -0.4 is 4.74 Å². The van der Waals surface area contributed by atoms with Gasteiger partial charge in [0, 0.05) is 24.5 Å². The first kappa shape index (κ1) is 22.5. The molecule has 1 amide bonds. The Bertz CT molecular complexity index is 1450. The zero-order chi connectivity index (χ0) is 24.4. The molecule has 2 aromatic heterocycles. The van der Waals surface area contributed by atoms with Gasteiger partial charge in [-0.3, -0.25) is 14.2 Å². The molecule has 6 nitrogen and oxygen atoms in total. The molecule has 1 atom stereocenters. The number of carbonyl (C=O) groups excluding carboxylic acids is 1. The number of hydrogen-bond acceptors (Lipinski definition) is 4. The Morgan fingerprint density at radius 2 is 2.03 bits per heavy atom. The molecule has 0 saturated carbocycles. The molecule has 0 radical (unpaired) electrons. The van der Waals surface area contributed by atoms with Crippen LogP contribution in [0.1, 0.15) is 37.2 Å². The van der Waals surface area contributed by atoms with Crippen LogP contribution in [-0.4, -0.2) is 31.7 Å². The molecule has 176 valence electrons. The minimum Gasteiger partial charge on any atom is -0.486 e. The third kappa shape index (κ3) is 4.33. The summed E-state index contributed by atoms with van der Waals surface area (Å²) in [5, 5.41) is 0. The number of halogens is 2. The highest BCUT2D eigenvalue weighted by Crippen LogP contribution is 2.35. The molecule has 4 aromatic rings. The number of aromatic nitrogens is 3. The van der Waals surface area contributed by atoms with Crippen LogP contribution in [0.25, 0.3) is 16.8 Å². The smallest absolute Gasteiger partial charge is 0.299 e. The SMILES string of the molecule is CC#CC(=O)N1CCC[C@H]1c1nc(-c2ccc(COc3cccc(F)c3F)cc2)c2cnccn12. The Morgan fingerprint density at radius 3 is 2.83 bits per heavy atom. The highest BCUT2D eigenvalue weighted by molar-refractivity contribution is 5.94. The third-order valence-corrected chi connectivity index (χ3v) is 6.06. The zero-order valence-corrected chi connectivity index (χ0v) is 19.0. The number of nitrogens with zero attached hydrogens (tertiary/aromatic N) is 4. The Hall–Kier alpha value is -4.25. The molecule has 1 saturated heterocycles. The lowest BCUT2D eigenvalue weighted by Gasteiger charge is -2.21. The van der Waals surface area contributed by atoms with Crippen molar-refractivity contribution in [1.29, 1.82) is 0 Å². The van der Waals surface area contributed by atoms with Crippen molar-refractivity contribution in [3.63, 3.8) is 0 Å². The second-order valence-corrected chi connectivity index (χ2v) is 8.22. The summed E-state index contributed by atoms with van der Waals surface area (Å²) in [5.41, 5.74) is 3.24. The summed E-state index contributed by atoms with van der Waals surface area (Å²) in [4.78, 5) is 23.5. The fraction of sp³-hybridized carbons (Fsp3) is 0.222. The molecule has 2 aromatic carbocycles. The Labute approximate surface area is 201 Å². The van der Waals surface area contributed by atoms with Crippen LogP contribution >= 0.6 is 0 Å². The van der Waals surface area contributed by atoms with Gasteiger partial charge in [-0.15, -0.1) is 0 Å². The van der Waals surface area contributed by atoms with Gasteiger partial charge >= 0.3 is 0 Å². The van der Waals surface area contributed by atoms with Gasteiger partial charge in [-0.25, -0.2) is 9.37 Å². The van der Waals surface area contributed by atoms with E-state index >= 15 is 0 Å². The monoisotopic (exact) mass is 472 g/mol. The standard InChI is InChI=1S/C27H22F2N4O2/c1-2-5-24(34)32-14-4-7-21(32)27-31-26(22-16-30-13-15-33(22)27)19-11-9-18(10-12-19)17-35-23-8-3-6-20(28)25(23)29/h3,6,8-13,15-16,21H,4,7,14,17H2,1H3/t21-/m0/s1. The number of carbonyl (C=O) groups is 1. The van der Waals surface area contributed by atoms with Crippen molar-refractivity contribution >= 4 is 11.4 Å². The average Bonchev–Trinajstić information content (AvgIpc) is 3.51. The summed E-state index contributed by atoms with van der Waals surface area (Å²) in [6.45, 7) is 2.39. The first-order valence-corrected chi connectivity index (χ1v) is 11.3. The van der Waals surface area contributed by atoms with Crippen LogP contribution in [0.2, 0.25) is 0 Å². The number of ether oxygens (including phenoxy) is 1. The van der Waals surface area contributed by atoms with Gasteiger partial charge in [-0.05, 0) is 43.4 Å².